The van der Waals surface area contributed by atoms with Crippen LogP contribution in [0.4, 0.5) is 4.39 Å². The molecule has 0 spiro atoms. The van der Waals surface area contributed by atoms with Crippen molar-refractivity contribution >= 4 is 0 Å². The Morgan fingerprint density at radius 3 is 2.60 bits per heavy atom. The molecule has 1 aromatic carbocycles. The van der Waals surface area contributed by atoms with Gasteiger partial charge in [0.05, 0.1) is 0 Å². The average Bonchev–Trinajstić information content (AvgIpc) is 2.67. The first-order chi connectivity index (χ1) is 7.18. The van der Waals surface area contributed by atoms with Crippen LogP contribution in [0.3, 0.4) is 0 Å². The fourth-order valence-electron chi connectivity index (χ4n) is 1.36. The van der Waals surface area contributed by atoms with Gasteiger partial charge in [-0.25, -0.2) is 4.39 Å². The Hall–Kier alpha value is -1.64. The molecule has 3 heteroatoms. The molecule has 1 aromatic heterocycles. The predicted molar refractivity (Wildman–Crippen MR) is 56.0 cm³/mol. The summed E-state index contributed by atoms with van der Waals surface area (Å²) in [7, 11) is 0. The van der Waals surface area contributed by atoms with Crippen molar-refractivity contribution in [1.29, 1.82) is 0 Å². The molecule has 0 aliphatic rings. The zero-order valence-corrected chi connectivity index (χ0v) is 8.70. The number of hydrogen-bond donors (Lipinski definition) is 0. The number of hydrogen-bond acceptors (Lipinski definition) is 2. The van der Waals surface area contributed by atoms with Crippen LogP contribution in [-0.4, -0.2) is 5.16 Å². The number of aromatic nitrogens is 1. The normalized spacial score (nSPS) is 10.9. The van der Waals surface area contributed by atoms with E-state index in [9.17, 15) is 4.39 Å². The highest BCUT2D eigenvalue weighted by Crippen LogP contribution is 2.24. The van der Waals surface area contributed by atoms with Gasteiger partial charge in [0.25, 0.3) is 0 Å². The lowest BCUT2D eigenvalue weighted by Crippen LogP contribution is -1.83. The topological polar surface area (TPSA) is 26.0 Å². The highest BCUT2D eigenvalue weighted by molar-refractivity contribution is 5.59. The van der Waals surface area contributed by atoms with E-state index < -0.39 is 0 Å². The summed E-state index contributed by atoms with van der Waals surface area (Å²) < 4.78 is 18.5. The Kier molecular flexibility index (Phi) is 2.54. The lowest BCUT2D eigenvalue weighted by molar-refractivity contribution is 0.372. The number of nitrogens with zero attached hydrogens (tertiary/aromatic N) is 1. The molecule has 0 fully saturated rings. The van der Waals surface area contributed by atoms with Gasteiger partial charge < -0.3 is 4.52 Å². The minimum atomic E-state index is -0.277. The molecule has 0 radical (unpaired) electrons. The smallest absolute Gasteiger partial charge is 0.139 e. The van der Waals surface area contributed by atoms with Crippen molar-refractivity contribution in [2.45, 2.75) is 19.8 Å². The maximum absolute atomic E-state index is 13.4. The minimum absolute atomic E-state index is 0.262. The van der Waals surface area contributed by atoms with Crippen LogP contribution in [0.2, 0.25) is 0 Å². The monoisotopic (exact) mass is 205 g/mol. The average molecular weight is 205 g/mol. The largest absolute Gasteiger partial charge is 0.361 e. The summed E-state index contributed by atoms with van der Waals surface area (Å²) in [5, 5.41) is 3.85. The second-order valence-electron chi connectivity index (χ2n) is 3.75. The molecule has 2 rings (SSSR count). The molecular weight excluding hydrogens is 193 g/mol. The van der Waals surface area contributed by atoms with E-state index >= 15 is 0 Å². The first kappa shape index (κ1) is 9.90. The van der Waals surface area contributed by atoms with Crippen LogP contribution in [-0.2, 0) is 0 Å². The van der Waals surface area contributed by atoms with Crippen molar-refractivity contribution < 1.29 is 8.91 Å². The molecule has 0 aliphatic heterocycles. The van der Waals surface area contributed by atoms with Gasteiger partial charge in [-0.2, -0.15) is 0 Å². The Morgan fingerprint density at radius 2 is 2.00 bits per heavy atom. The van der Waals surface area contributed by atoms with E-state index in [1.807, 2.05) is 13.8 Å². The van der Waals surface area contributed by atoms with Crippen LogP contribution in [0.15, 0.2) is 34.9 Å². The van der Waals surface area contributed by atoms with Crippen LogP contribution in [0, 0.1) is 5.82 Å². The molecule has 0 N–H and O–H groups in total. The molecule has 2 aromatic rings. The lowest BCUT2D eigenvalue weighted by atomic mass is 10.1. The van der Waals surface area contributed by atoms with Gasteiger partial charge >= 0.3 is 0 Å². The van der Waals surface area contributed by atoms with Gasteiger partial charge in [-0.3, -0.25) is 0 Å². The maximum atomic E-state index is 13.4. The molecule has 0 bridgehead atoms. The third kappa shape index (κ3) is 1.91. The first-order valence-corrected chi connectivity index (χ1v) is 4.90. The number of halogens is 1. The van der Waals surface area contributed by atoms with E-state index in [2.05, 4.69) is 5.16 Å². The fourth-order valence-corrected chi connectivity index (χ4v) is 1.36. The molecule has 0 aliphatic carbocycles. The molecule has 0 saturated carbocycles. The summed E-state index contributed by atoms with van der Waals surface area (Å²) in [6, 6.07) is 8.32. The summed E-state index contributed by atoms with van der Waals surface area (Å²) in [6.45, 7) is 4.01. The predicted octanol–water partition coefficient (Wildman–Crippen LogP) is 3.60. The van der Waals surface area contributed by atoms with Crippen LogP contribution >= 0.6 is 0 Å². The molecule has 0 atom stereocenters. The van der Waals surface area contributed by atoms with Crippen molar-refractivity contribution in [2.24, 2.45) is 0 Å². The summed E-state index contributed by atoms with van der Waals surface area (Å²) >= 11 is 0. The van der Waals surface area contributed by atoms with E-state index in [0.717, 1.165) is 5.76 Å². The lowest BCUT2D eigenvalue weighted by Gasteiger charge is -1.96. The highest BCUT2D eigenvalue weighted by atomic mass is 19.1. The van der Waals surface area contributed by atoms with Crippen LogP contribution < -0.4 is 0 Å². The second kappa shape index (κ2) is 3.85. The zero-order valence-electron chi connectivity index (χ0n) is 8.70. The molecule has 1 heterocycles. The zero-order chi connectivity index (χ0) is 10.8. The van der Waals surface area contributed by atoms with E-state index in [4.69, 9.17) is 4.52 Å². The van der Waals surface area contributed by atoms with E-state index in [0.29, 0.717) is 11.3 Å². The Balaban J connectivity index is 2.42. The van der Waals surface area contributed by atoms with Gasteiger partial charge in [0, 0.05) is 17.5 Å². The van der Waals surface area contributed by atoms with Gasteiger partial charge in [-0.1, -0.05) is 31.1 Å². The van der Waals surface area contributed by atoms with E-state index in [-0.39, 0.29) is 11.7 Å². The third-order valence-corrected chi connectivity index (χ3v) is 2.25. The van der Waals surface area contributed by atoms with Crippen molar-refractivity contribution in [3.8, 4) is 11.3 Å². The molecule has 0 amide bonds. The van der Waals surface area contributed by atoms with E-state index in [1.165, 1.54) is 6.07 Å². The van der Waals surface area contributed by atoms with Crippen molar-refractivity contribution in [1.82, 2.24) is 5.16 Å². The fraction of sp³-hybridized carbons (Fsp3) is 0.250. The van der Waals surface area contributed by atoms with Gasteiger partial charge in [0.2, 0.25) is 0 Å². The molecule has 78 valence electrons. The number of rotatable bonds is 2. The molecule has 0 unspecified atom stereocenters. The summed E-state index contributed by atoms with van der Waals surface area (Å²) in [6.07, 6.45) is 0. The quantitative estimate of drug-likeness (QED) is 0.748. The molecule has 15 heavy (non-hydrogen) atoms. The maximum Gasteiger partial charge on any atom is 0.139 e. The van der Waals surface area contributed by atoms with Crippen LogP contribution in [0.5, 0.6) is 0 Å². The Bertz CT molecular complexity index is 462. The molecule has 0 saturated heterocycles. The first-order valence-electron chi connectivity index (χ1n) is 4.90. The summed E-state index contributed by atoms with van der Waals surface area (Å²) in [5.74, 6) is 0.757. The third-order valence-electron chi connectivity index (χ3n) is 2.25. The standard InChI is InChI=1S/C12H12FNO/c1-8(2)12-7-11(14-15-12)9-5-3-4-6-10(9)13/h3-8H,1-2H3. The van der Waals surface area contributed by atoms with Crippen molar-refractivity contribution in [2.75, 3.05) is 0 Å². The number of benzene rings is 1. The van der Waals surface area contributed by atoms with Crippen LogP contribution in [0.25, 0.3) is 11.3 Å². The Labute approximate surface area is 87.7 Å². The van der Waals surface area contributed by atoms with Gasteiger partial charge in [0.15, 0.2) is 0 Å². The highest BCUT2D eigenvalue weighted by Gasteiger charge is 2.11. The van der Waals surface area contributed by atoms with Crippen molar-refractivity contribution in [3.05, 3.63) is 41.9 Å². The molecule has 2 nitrogen and oxygen atoms in total. The SMILES string of the molecule is CC(C)c1cc(-c2ccccc2F)no1. The summed E-state index contributed by atoms with van der Waals surface area (Å²) in [4.78, 5) is 0. The van der Waals surface area contributed by atoms with Gasteiger partial charge in [-0.05, 0) is 12.1 Å². The molecular formula is C12H12FNO. The second-order valence-corrected chi connectivity index (χ2v) is 3.75. The Morgan fingerprint density at radius 1 is 1.27 bits per heavy atom. The van der Waals surface area contributed by atoms with Gasteiger partial charge in [0.1, 0.15) is 17.3 Å². The van der Waals surface area contributed by atoms with E-state index in [1.54, 1.807) is 24.3 Å². The van der Waals surface area contributed by atoms with Crippen molar-refractivity contribution in [3.63, 3.8) is 0 Å². The summed E-state index contributed by atoms with van der Waals surface area (Å²) in [5.41, 5.74) is 1.03. The minimum Gasteiger partial charge on any atom is -0.361 e. The van der Waals surface area contributed by atoms with Crippen LogP contribution in [0.1, 0.15) is 25.5 Å². The van der Waals surface area contributed by atoms with Gasteiger partial charge in [-0.15, -0.1) is 0 Å².